The fraction of sp³-hybridized carbons (Fsp3) is 0. The number of nitrogen functional groups attached to an aromatic ring is 1. The van der Waals surface area contributed by atoms with Crippen LogP contribution in [-0.2, 0) is 0 Å². The zero-order valence-corrected chi connectivity index (χ0v) is 11.5. The molecule has 0 aliphatic carbocycles. The Kier molecular flexibility index (Phi) is 4.01. The Labute approximate surface area is 123 Å². The van der Waals surface area contributed by atoms with Gasteiger partial charge in [-0.2, -0.15) is 0 Å². The van der Waals surface area contributed by atoms with Gasteiger partial charge in [0, 0.05) is 11.4 Å². The van der Waals surface area contributed by atoms with Crippen molar-refractivity contribution in [2.24, 2.45) is 0 Å². The smallest absolute Gasteiger partial charge is 0.337 e. The van der Waals surface area contributed by atoms with Gasteiger partial charge < -0.3 is 16.2 Å². The molecule has 0 aliphatic rings. The van der Waals surface area contributed by atoms with Crippen LogP contribution in [0.5, 0.6) is 0 Å². The first kappa shape index (κ1) is 14.4. The number of hydrogen-bond donors (Lipinski definition) is 3. The first-order valence-electron chi connectivity index (χ1n) is 5.43. The average molecular weight is 315 g/mol. The SMILES string of the molecule is Nc1ccc(Nc2c(Cl)cc(F)cc2Cl)cc1C(=O)O. The van der Waals surface area contributed by atoms with E-state index >= 15 is 0 Å². The largest absolute Gasteiger partial charge is 0.478 e. The van der Waals surface area contributed by atoms with Crippen LogP contribution in [0.4, 0.5) is 21.5 Å². The van der Waals surface area contributed by atoms with Crippen molar-refractivity contribution in [3.8, 4) is 0 Å². The Balaban J connectivity index is 2.41. The highest BCUT2D eigenvalue weighted by molar-refractivity contribution is 6.39. The van der Waals surface area contributed by atoms with E-state index in [1.807, 2.05) is 0 Å². The minimum absolute atomic E-state index is 0.0515. The quantitative estimate of drug-likeness (QED) is 0.744. The van der Waals surface area contributed by atoms with Gasteiger partial charge in [0.2, 0.25) is 0 Å². The van der Waals surface area contributed by atoms with Crippen LogP contribution in [-0.4, -0.2) is 11.1 Å². The Bertz CT molecular complexity index is 669. The highest BCUT2D eigenvalue weighted by Crippen LogP contribution is 2.34. The van der Waals surface area contributed by atoms with Crippen molar-refractivity contribution in [3.05, 3.63) is 51.8 Å². The molecule has 0 aliphatic heterocycles. The van der Waals surface area contributed by atoms with Crippen LogP contribution in [0.15, 0.2) is 30.3 Å². The number of nitrogens with one attached hydrogen (secondary N) is 1. The molecule has 0 fully saturated rings. The summed E-state index contributed by atoms with van der Waals surface area (Å²) in [5.74, 6) is -1.71. The van der Waals surface area contributed by atoms with Gasteiger partial charge in [-0.25, -0.2) is 9.18 Å². The molecule has 0 unspecified atom stereocenters. The molecular weight excluding hydrogens is 306 g/mol. The summed E-state index contributed by atoms with van der Waals surface area (Å²) >= 11 is 11.8. The number of benzene rings is 2. The van der Waals surface area contributed by atoms with Crippen LogP contribution in [0, 0.1) is 5.82 Å². The van der Waals surface area contributed by atoms with Gasteiger partial charge in [0.05, 0.1) is 21.3 Å². The second-order valence-corrected chi connectivity index (χ2v) is 4.79. The maximum atomic E-state index is 13.1. The zero-order chi connectivity index (χ0) is 14.9. The third-order valence-corrected chi connectivity index (χ3v) is 3.16. The molecule has 104 valence electrons. The summed E-state index contributed by atoms with van der Waals surface area (Å²) < 4.78 is 13.1. The molecule has 2 rings (SSSR count). The number of carboxylic acid groups (broad SMARTS) is 1. The maximum Gasteiger partial charge on any atom is 0.337 e. The number of carboxylic acids is 1. The van der Waals surface area contributed by atoms with Crippen LogP contribution < -0.4 is 11.1 Å². The monoisotopic (exact) mass is 314 g/mol. The number of rotatable bonds is 3. The molecular formula is C13H9Cl2FN2O2. The molecule has 0 bridgehead atoms. The fourth-order valence-corrected chi connectivity index (χ4v) is 2.18. The Morgan fingerprint density at radius 2 is 1.80 bits per heavy atom. The van der Waals surface area contributed by atoms with Crippen LogP contribution in [0.25, 0.3) is 0 Å². The van der Waals surface area contributed by atoms with E-state index < -0.39 is 11.8 Å². The molecule has 0 spiro atoms. The predicted molar refractivity (Wildman–Crippen MR) is 77.5 cm³/mol. The van der Waals surface area contributed by atoms with E-state index in [4.69, 9.17) is 34.0 Å². The molecule has 0 amide bonds. The minimum Gasteiger partial charge on any atom is -0.478 e. The van der Waals surface area contributed by atoms with E-state index in [-0.39, 0.29) is 27.0 Å². The van der Waals surface area contributed by atoms with Crippen molar-refractivity contribution in [1.82, 2.24) is 0 Å². The number of halogens is 3. The minimum atomic E-state index is -1.15. The third-order valence-electron chi connectivity index (χ3n) is 2.56. The first-order valence-corrected chi connectivity index (χ1v) is 6.18. The van der Waals surface area contributed by atoms with E-state index in [0.29, 0.717) is 5.69 Å². The zero-order valence-electron chi connectivity index (χ0n) is 9.95. The normalized spacial score (nSPS) is 10.3. The average Bonchev–Trinajstić information content (AvgIpc) is 2.35. The topological polar surface area (TPSA) is 75.3 Å². The lowest BCUT2D eigenvalue weighted by Crippen LogP contribution is -2.03. The first-order chi connectivity index (χ1) is 9.38. The van der Waals surface area contributed by atoms with Gasteiger partial charge in [0.25, 0.3) is 0 Å². The second-order valence-electron chi connectivity index (χ2n) is 3.98. The summed E-state index contributed by atoms with van der Waals surface area (Å²) in [6, 6.07) is 6.55. The van der Waals surface area contributed by atoms with E-state index in [1.165, 1.54) is 12.1 Å². The molecule has 0 aromatic heterocycles. The molecule has 4 nitrogen and oxygen atoms in total. The van der Waals surface area contributed by atoms with Crippen molar-refractivity contribution in [2.75, 3.05) is 11.1 Å². The summed E-state index contributed by atoms with van der Waals surface area (Å²) in [7, 11) is 0. The molecule has 2 aromatic carbocycles. The molecule has 2 aromatic rings. The Morgan fingerprint density at radius 1 is 1.20 bits per heavy atom. The van der Waals surface area contributed by atoms with E-state index in [2.05, 4.69) is 5.32 Å². The predicted octanol–water partition coefficient (Wildman–Crippen LogP) is 4.16. The highest BCUT2D eigenvalue weighted by Gasteiger charge is 2.12. The van der Waals surface area contributed by atoms with Crippen LogP contribution in [0.1, 0.15) is 10.4 Å². The highest BCUT2D eigenvalue weighted by atomic mass is 35.5. The Hall–Kier alpha value is -1.98. The van der Waals surface area contributed by atoms with Crippen molar-refractivity contribution >= 4 is 46.2 Å². The van der Waals surface area contributed by atoms with Crippen molar-refractivity contribution in [3.63, 3.8) is 0 Å². The van der Waals surface area contributed by atoms with Gasteiger partial charge in [-0.3, -0.25) is 0 Å². The number of hydrogen-bond acceptors (Lipinski definition) is 3. The summed E-state index contributed by atoms with van der Waals surface area (Å²) in [4.78, 5) is 11.0. The molecule has 0 saturated carbocycles. The lowest BCUT2D eigenvalue weighted by molar-refractivity contribution is 0.0698. The van der Waals surface area contributed by atoms with E-state index in [0.717, 1.165) is 12.1 Å². The van der Waals surface area contributed by atoms with Crippen LogP contribution in [0.3, 0.4) is 0 Å². The lowest BCUT2D eigenvalue weighted by Gasteiger charge is -2.12. The summed E-state index contributed by atoms with van der Waals surface area (Å²) in [6.45, 7) is 0. The second kappa shape index (κ2) is 5.56. The van der Waals surface area contributed by atoms with Gasteiger partial charge in [-0.1, -0.05) is 23.2 Å². The molecule has 0 radical (unpaired) electrons. The number of nitrogens with two attached hydrogens (primary N) is 1. The van der Waals surface area contributed by atoms with Gasteiger partial charge in [0.15, 0.2) is 0 Å². The summed E-state index contributed by atoms with van der Waals surface area (Å²) in [5.41, 5.74) is 6.35. The van der Waals surface area contributed by atoms with Crippen LogP contribution in [0.2, 0.25) is 10.0 Å². The number of carbonyl (C=O) groups is 1. The Morgan fingerprint density at radius 3 is 2.35 bits per heavy atom. The molecule has 0 heterocycles. The lowest BCUT2D eigenvalue weighted by atomic mass is 10.1. The number of aromatic carboxylic acids is 1. The summed E-state index contributed by atoms with van der Waals surface area (Å²) in [6.07, 6.45) is 0. The van der Waals surface area contributed by atoms with Gasteiger partial charge in [0.1, 0.15) is 5.82 Å². The van der Waals surface area contributed by atoms with Crippen molar-refractivity contribution in [2.45, 2.75) is 0 Å². The third kappa shape index (κ3) is 2.95. The molecule has 0 saturated heterocycles. The van der Waals surface area contributed by atoms with Crippen LogP contribution >= 0.6 is 23.2 Å². The maximum absolute atomic E-state index is 13.1. The molecule has 0 atom stereocenters. The van der Waals surface area contributed by atoms with Gasteiger partial charge in [-0.05, 0) is 30.3 Å². The molecule has 4 N–H and O–H groups in total. The molecule has 7 heteroatoms. The van der Waals surface area contributed by atoms with Gasteiger partial charge in [-0.15, -0.1) is 0 Å². The van der Waals surface area contributed by atoms with Gasteiger partial charge >= 0.3 is 5.97 Å². The van der Waals surface area contributed by atoms with E-state index in [9.17, 15) is 9.18 Å². The summed E-state index contributed by atoms with van der Waals surface area (Å²) in [5, 5.41) is 12.0. The van der Waals surface area contributed by atoms with E-state index in [1.54, 1.807) is 6.07 Å². The fourth-order valence-electron chi connectivity index (χ4n) is 1.63. The van der Waals surface area contributed by atoms with Crippen molar-refractivity contribution < 1.29 is 14.3 Å². The van der Waals surface area contributed by atoms with Crippen molar-refractivity contribution in [1.29, 1.82) is 0 Å². The number of anilines is 3. The standard InChI is InChI=1S/C13H9Cl2FN2O2/c14-9-3-6(16)4-10(15)12(9)18-7-1-2-11(17)8(5-7)13(19)20/h1-5,18H,17H2,(H,19,20). The molecule has 20 heavy (non-hydrogen) atoms.